The van der Waals surface area contributed by atoms with Crippen LogP contribution in [-0.4, -0.2) is 64.7 Å². The van der Waals surface area contributed by atoms with Gasteiger partial charge in [-0.2, -0.15) is 16.8 Å². The molecule has 0 aliphatic carbocycles. The van der Waals surface area contributed by atoms with E-state index in [1.807, 2.05) is 0 Å². The summed E-state index contributed by atoms with van der Waals surface area (Å²) < 4.78 is 55.4. The summed E-state index contributed by atoms with van der Waals surface area (Å²) >= 11 is 0. The maximum atomic E-state index is 9.86. The SMILES string of the molecule is O=S(=O)(O)CCS(=O)(=O)O.[PbH2]. The van der Waals surface area contributed by atoms with Crippen LogP contribution in [0.3, 0.4) is 0 Å². The monoisotopic (exact) mass is 400 g/mol. The van der Waals surface area contributed by atoms with E-state index in [2.05, 4.69) is 0 Å². The summed E-state index contributed by atoms with van der Waals surface area (Å²) in [6, 6.07) is 0. The molecule has 0 amide bonds. The Morgan fingerprint density at radius 2 is 1.00 bits per heavy atom. The molecule has 0 aliphatic heterocycles. The first-order valence-electron chi connectivity index (χ1n) is 2.11. The average molecular weight is 399 g/mol. The van der Waals surface area contributed by atoms with Crippen LogP contribution in [0.5, 0.6) is 0 Å². The van der Waals surface area contributed by atoms with Crippen LogP contribution in [0.15, 0.2) is 0 Å². The van der Waals surface area contributed by atoms with Gasteiger partial charge in [0.05, 0.1) is 11.5 Å². The van der Waals surface area contributed by atoms with Gasteiger partial charge in [-0.15, -0.1) is 0 Å². The fourth-order valence-corrected chi connectivity index (χ4v) is 1.90. The zero-order valence-electron chi connectivity index (χ0n) is 5.47. The van der Waals surface area contributed by atoms with Crippen LogP contribution in [0.25, 0.3) is 0 Å². The molecule has 0 rings (SSSR count). The van der Waals surface area contributed by atoms with Crippen molar-refractivity contribution >= 4 is 47.5 Å². The van der Waals surface area contributed by atoms with Gasteiger partial charge in [-0.3, -0.25) is 9.11 Å². The maximum absolute atomic E-state index is 9.86. The van der Waals surface area contributed by atoms with Crippen LogP contribution in [0, 0.1) is 0 Å². The third-order valence-electron chi connectivity index (χ3n) is 0.599. The molecule has 2 radical (unpaired) electrons. The molecule has 68 valence electrons. The van der Waals surface area contributed by atoms with Gasteiger partial charge in [0, 0.05) is 0 Å². The summed E-state index contributed by atoms with van der Waals surface area (Å²) in [7, 11) is -8.59. The van der Waals surface area contributed by atoms with Crippen molar-refractivity contribution in [1.82, 2.24) is 0 Å². The number of hydrogen-bond donors (Lipinski definition) is 2. The zero-order valence-corrected chi connectivity index (χ0v) is 12.6. The van der Waals surface area contributed by atoms with Crippen molar-refractivity contribution in [2.24, 2.45) is 0 Å². The summed E-state index contributed by atoms with van der Waals surface area (Å²) in [5, 5.41) is 0. The first kappa shape index (κ1) is 14.3. The Morgan fingerprint density at radius 3 is 1.09 bits per heavy atom. The minimum absolute atomic E-state index is 0. The second-order valence-corrected chi connectivity index (χ2v) is 4.72. The fraction of sp³-hybridized carbons (Fsp3) is 1.00. The van der Waals surface area contributed by atoms with Crippen molar-refractivity contribution < 1.29 is 25.9 Å². The van der Waals surface area contributed by atoms with E-state index >= 15 is 0 Å². The molecular weight excluding hydrogens is 391 g/mol. The van der Waals surface area contributed by atoms with Gasteiger partial charge < -0.3 is 0 Å². The molecule has 0 aliphatic rings. The molecule has 0 saturated carbocycles. The Bertz CT molecular complexity index is 255. The molecule has 0 aromatic carbocycles. The van der Waals surface area contributed by atoms with Crippen molar-refractivity contribution in [1.29, 1.82) is 0 Å². The second-order valence-electron chi connectivity index (χ2n) is 1.57. The van der Waals surface area contributed by atoms with Gasteiger partial charge in [0.2, 0.25) is 0 Å². The van der Waals surface area contributed by atoms with Gasteiger partial charge in [0.15, 0.2) is 0 Å². The molecule has 2 N–H and O–H groups in total. The molecule has 6 nitrogen and oxygen atoms in total. The Hall–Kier alpha value is 0.742. The quantitative estimate of drug-likeness (QED) is 0.414. The predicted octanol–water partition coefficient (Wildman–Crippen LogP) is -2.15. The molecular formula is C2H8O6PbS2. The Balaban J connectivity index is 0. The standard InChI is InChI=1S/C2H6O6S2.Pb.2H/c3-9(4,5)1-2-10(6,7)8;;;/h1-2H2,(H,3,4,5)(H,6,7,8);;;. The fourth-order valence-electron chi connectivity index (χ4n) is 0.211. The Kier molecular flexibility index (Phi) is 6.09. The van der Waals surface area contributed by atoms with E-state index in [4.69, 9.17) is 9.11 Å². The molecule has 11 heavy (non-hydrogen) atoms. The van der Waals surface area contributed by atoms with E-state index < -0.39 is 31.7 Å². The Labute approximate surface area is 84.6 Å². The van der Waals surface area contributed by atoms with Gasteiger partial charge >= 0.3 is 27.3 Å². The van der Waals surface area contributed by atoms with E-state index in [0.717, 1.165) is 0 Å². The van der Waals surface area contributed by atoms with Crippen LogP contribution in [0.4, 0.5) is 0 Å². The zero-order chi connectivity index (χ0) is 8.41. The van der Waals surface area contributed by atoms with Gasteiger partial charge in [-0.25, -0.2) is 0 Å². The molecule has 0 aromatic rings. The molecule has 0 bridgehead atoms. The first-order chi connectivity index (χ1) is 4.21. The van der Waals surface area contributed by atoms with Crippen molar-refractivity contribution in [2.45, 2.75) is 0 Å². The van der Waals surface area contributed by atoms with Gasteiger partial charge in [-0.1, -0.05) is 0 Å². The van der Waals surface area contributed by atoms with Crippen molar-refractivity contribution in [2.75, 3.05) is 11.5 Å². The summed E-state index contributed by atoms with van der Waals surface area (Å²) in [6.07, 6.45) is 0. The van der Waals surface area contributed by atoms with Crippen LogP contribution in [0.2, 0.25) is 0 Å². The van der Waals surface area contributed by atoms with Crippen LogP contribution >= 0.6 is 0 Å². The Morgan fingerprint density at radius 1 is 0.818 bits per heavy atom. The van der Waals surface area contributed by atoms with Crippen molar-refractivity contribution in [3.63, 3.8) is 0 Å². The summed E-state index contributed by atoms with van der Waals surface area (Å²) in [4.78, 5) is 0. The number of hydrogen-bond acceptors (Lipinski definition) is 4. The number of rotatable bonds is 3. The predicted molar refractivity (Wildman–Crippen MR) is 41.4 cm³/mol. The van der Waals surface area contributed by atoms with E-state index in [1.165, 1.54) is 0 Å². The third-order valence-corrected chi connectivity index (χ3v) is 2.30. The van der Waals surface area contributed by atoms with Crippen molar-refractivity contribution in [3.8, 4) is 0 Å². The molecule has 0 saturated heterocycles. The van der Waals surface area contributed by atoms with Crippen molar-refractivity contribution in [3.05, 3.63) is 0 Å². The average Bonchev–Trinajstić information content (AvgIpc) is 1.57. The molecule has 0 aromatic heterocycles. The molecule has 0 spiro atoms. The van der Waals surface area contributed by atoms with Crippen LogP contribution in [0.1, 0.15) is 0 Å². The van der Waals surface area contributed by atoms with Gasteiger partial charge in [0.1, 0.15) is 0 Å². The summed E-state index contributed by atoms with van der Waals surface area (Å²) in [6.45, 7) is 0. The van der Waals surface area contributed by atoms with E-state index in [0.29, 0.717) is 0 Å². The first-order valence-corrected chi connectivity index (χ1v) is 5.33. The summed E-state index contributed by atoms with van der Waals surface area (Å²) in [5.41, 5.74) is 0. The van der Waals surface area contributed by atoms with E-state index in [1.54, 1.807) is 0 Å². The summed E-state index contributed by atoms with van der Waals surface area (Å²) in [5.74, 6) is -1.96. The minimum atomic E-state index is -4.30. The van der Waals surface area contributed by atoms with Crippen LogP contribution in [-0.2, 0) is 20.2 Å². The molecule has 9 heteroatoms. The molecule has 0 fully saturated rings. The van der Waals surface area contributed by atoms with Crippen LogP contribution < -0.4 is 0 Å². The van der Waals surface area contributed by atoms with E-state index in [9.17, 15) is 16.8 Å². The molecule has 0 heterocycles. The van der Waals surface area contributed by atoms with Gasteiger partial charge in [-0.05, 0) is 0 Å². The third kappa shape index (κ3) is 13.7. The molecule has 0 atom stereocenters. The topological polar surface area (TPSA) is 109 Å². The molecule has 0 unspecified atom stereocenters. The van der Waals surface area contributed by atoms with Gasteiger partial charge in [0.25, 0.3) is 20.2 Å². The van der Waals surface area contributed by atoms with E-state index in [-0.39, 0.29) is 27.3 Å². The normalized spacial score (nSPS) is 12.2. The second kappa shape index (κ2) is 4.69.